The highest BCUT2D eigenvalue weighted by Gasteiger charge is 2.13. The van der Waals surface area contributed by atoms with E-state index in [-0.39, 0.29) is 6.42 Å². The lowest BCUT2D eigenvalue weighted by Crippen LogP contribution is -2.04. The van der Waals surface area contributed by atoms with Gasteiger partial charge in [0.15, 0.2) is 0 Å². The van der Waals surface area contributed by atoms with E-state index in [1.807, 2.05) is 12.1 Å². The van der Waals surface area contributed by atoms with Gasteiger partial charge in [0.05, 0.1) is 6.61 Å². The van der Waals surface area contributed by atoms with Crippen LogP contribution in [0.25, 0.3) is 0 Å². The van der Waals surface area contributed by atoms with E-state index in [0.717, 1.165) is 5.75 Å². The van der Waals surface area contributed by atoms with Crippen LogP contribution in [0, 0.1) is 0 Å². The lowest BCUT2D eigenvalue weighted by molar-refractivity contribution is -0.137. The molecule has 0 bridgehead atoms. The van der Waals surface area contributed by atoms with Gasteiger partial charge in [0.25, 0.3) is 0 Å². The van der Waals surface area contributed by atoms with Crippen LogP contribution < -0.4 is 4.74 Å². The van der Waals surface area contributed by atoms with Crippen LogP contribution in [0.2, 0.25) is 0 Å². The second-order valence-electron chi connectivity index (χ2n) is 5.96. The van der Waals surface area contributed by atoms with Gasteiger partial charge in [-0.25, -0.2) is 0 Å². The fraction of sp³-hybridized carbons (Fsp3) is 0.611. The Morgan fingerprint density at radius 2 is 1.67 bits per heavy atom. The summed E-state index contributed by atoms with van der Waals surface area (Å²) in [5, 5.41) is 8.58. The Morgan fingerprint density at radius 1 is 1.05 bits per heavy atom. The van der Waals surface area contributed by atoms with Crippen molar-refractivity contribution in [3.63, 3.8) is 0 Å². The topological polar surface area (TPSA) is 46.5 Å². The molecule has 0 amide bonds. The molecule has 0 atom stereocenters. The molecule has 21 heavy (non-hydrogen) atoms. The van der Waals surface area contributed by atoms with Crippen LogP contribution in [0.4, 0.5) is 0 Å². The third kappa shape index (κ3) is 5.78. The van der Waals surface area contributed by atoms with Gasteiger partial charge in [-0.3, -0.25) is 4.79 Å². The predicted molar refractivity (Wildman–Crippen MR) is 83.9 cm³/mol. The van der Waals surface area contributed by atoms with Gasteiger partial charge in [0.2, 0.25) is 0 Å². The van der Waals surface area contributed by atoms with Crippen molar-refractivity contribution in [1.29, 1.82) is 0 Å². The molecule has 1 N–H and O–H groups in total. The quantitative estimate of drug-likeness (QED) is 0.768. The minimum absolute atomic E-state index is 0.167. The van der Waals surface area contributed by atoms with E-state index in [2.05, 4.69) is 12.1 Å². The predicted octanol–water partition coefficient (Wildman–Crippen LogP) is 4.76. The number of carboxylic acids is 1. The van der Waals surface area contributed by atoms with Crippen LogP contribution in [-0.2, 0) is 4.79 Å². The number of carbonyl (C=O) groups is 1. The molecule has 0 unspecified atom stereocenters. The zero-order chi connectivity index (χ0) is 14.9. The number of hydrogen-bond donors (Lipinski definition) is 1. The van der Waals surface area contributed by atoms with Gasteiger partial charge >= 0.3 is 5.97 Å². The normalized spacial score (nSPS) is 17.0. The van der Waals surface area contributed by atoms with Crippen molar-refractivity contribution in [1.82, 2.24) is 0 Å². The highest BCUT2D eigenvalue weighted by Crippen LogP contribution is 2.31. The fourth-order valence-corrected chi connectivity index (χ4v) is 3.04. The maximum absolute atomic E-state index is 10.4. The molecule has 0 radical (unpaired) electrons. The number of ether oxygens (including phenoxy) is 1. The van der Waals surface area contributed by atoms with Gasteiger partial charge in [-0.15, -0.1) is 0 Å². The van der Waals surface area contributed by atoms with Crippen molar-refractivity contribution < 1.29 is 14.6 Å². The van der Waals surface area contributed by atoms with Gasteiger partial charge in [-0.05, 0) is 42.9 Å². The molecule has 0 spiro atoms. The molecule has 2 rings (SSSR count). The Bertz CT molecular complexity index is 417. The first-order valence-corrected chi connectivity index (χ1v) is 8.20. The molecule has 1 aliphatic rings. The van der Waals surface area contributed by atoms with E-state index in [1.54, 1.807) is 0 Å². The number of hydrogen-bond acceptors (Lipinski definition) is 2. The molecule has 0 saturated heterocycles. The summed E-state index contributed by atoms with van der Waals surface area (Å²) < 4.78 is 5.58. The Labute approximate surface area is 127 Å². The van der Waals surface area contributed by atoms with Crippen LogP contribution in [0.5, 0.6) is 5.75 Å². The number of carboxylic acid groups (broad SMARTS) is 1. The van der Waals surface area contributed by atoms with Crippen molar-refractivity contribution in [2.45, 2.75) is 63.7 Å². The standard InChI is InChI=1S/C18H26O3/c19-18(20)9-6-14-21-17-12-10-16(11-13-17)15-7-4-2-1-3-5-8-15/h10-13,15H,1-9,14H2,(H,19,20). The molecule has 1 fully saturated rings. The average Bonchev–Trinajstić information content (AvgIpc) is 2.44. The van der Waals surface area contributed by atoms with Crippen molar-refractivity contribution in [2.24, 2.45) is 0 Å². The van der Waals surface area contributed by atoms with E-state index in [0.29, 0.717) is 18.9 Å². The van der Waals surface area contributed by atoms with E-state index in [9.17, 15) is 4.79 Å². The van der Waals surface area contributed by atoms with Crippen LogP contribution >= 0.6 is 0 Å². The first kappa shape index (κ1) is 15.9. The summed E-state index contributed by atoms with van der Waals surface area (Å²) in [7, 11) is 0. The molecule has 3 heteroatoms. The summed E-state index contributed by atoms with van der Waals surface area (Å²) in [4.78, 5) is 10.4. The third-order valence-electron chi connectivity index (χ3n) is 4.26. The summed E-state index contributed by atoms with van der Waals surface area (Å²) in [6.07, 6.45) is 10.2. The minimum atomic E-state index is -0.766. The molecule has 1 aromatic rings. The lowest BCUT2D eigenvalue weighted by Gasteiger charge is -2.20. The molecule has 3 nitrogen and oxygen atoms in total. The molecule has 0 heterocycles. The number of aliphatic carboxylic acids is 1. The monoisotopic (exact) mass is 290 g/mol. The molecular formula is C18H26O3. The van der Waals surface area contributed by atoms with E-state index in [1.165, 1.54) is 50.5 Å². The fourth-order valence-electron chi connectivity index (χ4n) is 3.04. The first-order chi connectivity index (χ1) is 10.3. The second kappa shape index (κ2) is 8.71. The van der Waals surface area contributed by atoms with Gasteiger partial charge in [0.1, 0.15) is 5.75 Å². The zero-order valence-corrected chi connectivity index (χ0v) is 12.7. The van der Waals surface area contributed by atoms with Crippen molar-refractivity contribution in [3.8, 4) is 5.75 Å². The molecule has 1 saturated carbocycles. The van der Waals surface area contributed by atoms with E-state index >= 15 is 0 Å². The largest absolute Gasteiger partial charge is 0.494 e. The third-order valence-corrected chi connectivity index (χ3v) is 4.26. The van der Waals surface area contributed by atoms with Crippen molar-refractivity contribution in [3.05, 3.63) is 29.8 Å². The van der Waals surface area contributed by atoms with Crippen LogP contribution in [-0.4, -0.2) is 17.7 Å². The smallest absolute Gasteiger partial charge is 0.303 e. The second-order valence-corrected chi connectivity index (χ2v) is 5.96. The average molecular weight is 290 g/mol. The molecule has 0 aliphatic heterocycles. The van der Waals surface area contributed by atoms with Crippen LogP contribution in [0.1, 0.15) is 69.3 Å². The first-order valence-electron chi connectivity index (χ1n) is 8.20. The summed E-state index contributed by atoms with van der Waals surface area (Å²) in [5.74, 6) is 0.777. The van der Waals surface area contributed by atoms with Crippen molar-refractivity contribution in [2.75, 3.05) is 6.61 Å². The zero-order valence-electron chi connectivity index (χ0n) is 12.7. The summed E-state index contributed by atoms with van der Waals surface area (Å²) >= 11 is 0. The highest BCUT2D eigenvalue weighted by molar-refractivity contribution is 5.66. The summed E-state index contributed by atoms with van der Waals surface area (Å²) in [6.45, 7) is 0.467. The minimum Gasteiger partial charge on any atom is -0.494 e. The highest BCUT2D eigenvalue weighted by atomic mass is 16.5. The maximum atomic E-state index is 10.4. The molecule has 1 aliphatic carbocycles. The van der Waals surface area contributed by atoms with Crippen LogP contribution in [0.15, 0.2) is 24.3 Å². The van der Waals surface area contributed by atoms with Gasteiger partial charge in [-0.2, -0.15) is 0 Å². The Morgan fingerprint density at radius 3 is 2.29 bits per heavy atom. The molecule has 0 aromatic heterocycles. The van der Waals surface area contributed by atoms with Gasteiger partial charge in [0, 0.05) is 6.42 Å². The summed E-state index contributed by atoms with van der Waals surface area (Å²) in [5.41, 5.74) is 1.43. The van der Waals surface area contributed by atoms with Gasteiger partial charge in [-0.1, -0.05) is 44.2 Å². The van der Waals surface area contributed by atoms with Gasteiger partial charge < -0.3 is 9.84 Å². The maximum Gasteiger partial charge on any atom is 0.303 e. The SMILES string of the molecule is O=C(O)CCCOc1ccc(C2CCCCCCC2)cc1. The lowest BCUT2D eigenvalue weighted by atomic mass is 9.86. The van der Waals surface area contributed by atoms with Crippen LogP contribution in [0.3, 0.4) is 0 Å². The number of rotatable bonds is 6. The van der Waals surface area contributed by atoms with E-state index < -0.39 is 5.97 Å². The Hall–Kier alpha value is -1.51. The molecular weight excluding hydrogens is 264 g/mol. The Balaban J connectivity index is 1.81. The molecule has 116 valence electrons. The van der Waals surface area contributed by atoms with Crippen molar-refractivity contribution >= 4 is 5.97 Å². The molecule has 1 aromatic carbocycles. The van der Waals surface area contributed by atoms with E-state index in [4.69, 9.17) is 9.84 Å². The summed E-state index contributed by atoms with van der Waals surface area (Å²) in [6, 6.07) is 8.40. The number of benzene rings is 1. The Kier molecular flexibility index (Phi) is 6.58.